The molecule has 1 spiro atoms. The number of aliphatic carboxylic acids is 1. The van der Waals surface area contributed by atoms with Gasteiger partial charge < -0.3 is 20.0 Å². The summed E-state index contributed by atoms with van der Waals surface area (Å²) < 4.78 is 2.09. The molecule has 88 heavy (non-hydrogen) atoms. The highest BCUT2D eigenvalue weighted by Gasteiger charge is 2.53. The second kappa shape index (κ2) is 22.6. The summed E-state index contributed by atoms with van der Waals surface area (Å²) in [5, 5.41) is 30.4. The summed E-state index contributed by atoms with van der Waals surface area (Å²) in [5.41, 5.74) is 17.5. The van der Waals surface area contributed by atoms with Crippen LogP contribution in [0.4, 0.5) is 34.1 Å². The summed E-state index contributed by atoms with van der Waals surface area (Å²) in [6.45, 7) is 1.08. The third-order valence-electron chi connectivity index (χ3n) is 17.6. The lowest BCUT2D eigenvalue weighted by atomic mass is 9.64. The second-order valence-corrected chi connectivity index (χ2v) is 24.0. The zero-order valence-electron chi connectivity index (χ0n) is 47.7. The number of nitrogens with zero attached hydrogens (tertiary/aromatic N) is 2. The maximum Gasteiger partial charge on any atom is 0.300 e. The van der Waals surface area contributed by atoms with E-state index in [-0.39, 0.29) is 13.8 Å². The van der Waals surface area contributed by atoms with Gasteiger partial charge in [-0.1, -0.05) is 262 Å². The SMILES string of the molecule is Brc1cc2c(c3ccccc13)-c1c(ccc3ccccc13)C21c2ccccc2N(c2ccccc2)c2ccccc21.CC(=O)O.Cl.OC1(c2ccccc2N(c2ccccc2)c2ccccc2)c2ccc3ccccc3c2-c2c1cc(Br)c1ccccc21.[2HH]. The average Bonchev–Trinajstić information content (AvgIpc) is 1.55. The fraction of sp³-hybridized carbons (Fsp3) is 0.0375. The van der Waals surface area contributed by atoms with Crippen LogP contribution in [0.15, 0.2) is 306 Å². The van der Waals surface area contributed by atoms with Gasteiger partial charge in [-0.25, -0.2) is 0 Å². The fourth-order valence-electron chi connectivity index (χ4n) is 14.3. The highest BCUT2D eigenvalue weighted by Crippen LogP contribution is 2.66. The number of carboxylic acid groups (broad SMARTS) is 1. The Kier molecular flexibility index (Phi) is 14.4. The Morgan fingerprint density at radius 1 is 0.386 bits per heavy atom. The van der Waals surface area contributed by atoms with Crippen molar-refractivity contribution < 1.29 is 16.4 Å². The standard InChI is InChI=1S/C39H26BrNO.C39H24BrN.C2H4O2.ClH.H2/c40-35-25-34-38(31-20-10-9-19-30(31)35)37-29-18-8-7-13-26(29)23-24-33(37)39(34,42)32-21-11-12-22-36(32)41(27-14-3-1-4-15-27)28-16-5-2-6-17-28;40-34-24-33-38(29-17-7-6-16-28(29)34)37-27-15-5-4-12-25(27)22-23-32(37)39(33)30-18-8-10-20-35(30)41(26-13-2-1-3-14-26)36-21-11-9-19-31(36)39;1-2(3)4;;/h1-25,42H;1-24H;1H3,(H,3,4);2*1H/i;;;;1+1. The molecule has 1 atom stereocenters. The first-order valence-corrected chi connectivity index (χ1v) is 30.7. The predicted molar refractivity (Wildman–Crippen MR) is 375 cm³/mol. The molecule has 17 rings (SSSR count). The smallest absolute Gasteiger partial charge is 0.300 e. The van der Waals surface area contributed by atoms with Crippen molar-refractivity contribution in [3.63, 3.8) is 0 Å². The molecule has 2 N–H and O–H groups in total. The molecule has 1 aliphatic heterocycles. The normalized spacial score (nSPS) is 14.2. The number of aliphatic hydroxyl groups is 1. The molecule has 1 unspecified atom stereocenters. The lowest BCUT2D eigenvalue weighted by molar-refractivity contribution is -0.134. The first-order valence-electron chi connectivity index (χ1n) is 29.1. The van der Waals surface area contributed by atoms with Crippen LogP contribution in [0.2, 0.25) is 0 Å². The van der Waals surface area contributed by atoms with Crippen molar-refractivity contribution >= 4 is 127 Å². The van der Waals surface area contributed by atoms with Gasteiger partial charge in [0.1, 0.15) is 5.60 Å². The van der Waals surface area contributed by atoms with Gasteiger partial charge in [-0.05, 0) is 154 Å². The number of hydrogen-bond acceptors (Lipinski definition) is 4. The zero-order valence-corrected chi connectivity index (χ0v) is 51.6. The summed E-state index contributed by atoms with van der Waals surface area (Å²) in [7, 11) is 0. The molecule has 0 saturated carbocycles. The number of hydrogen-bond donors (Lipinski definition) is 2. The van der Waals surface area contributed by atoms with E-state index in [1.54, 1.807) is 0 Å². The molecule has 0 radical (unpaired) electrons. The van der Waals surface area contributed by atoms with Crippen molar-refractivity contribution in [3.8, 4) is 22.3 Å². The Morgan fingerprint density at radius 2 is 0.750 bits per heavy atom. The molecular formula is C80H57Br2ClN2O3. The molecule has 0 bridgehead atoms. The largest absolute Gasteiger partial charge is 0.481 e. The van der Waals surface area contributed by atoms with Gasteiger partial charge in [0.15, 0.2) is 0 Å². The number of fused-ring (bicyclic) bond motifs is 20. The van der Waals surface area contributed by atoms with Crippen LogP contribution in [0.25, 0.3) is 65.3 Å². The molecule has 14 aromatic rings. The number of benzene rings is 14. The Hall–Kier alpha value is -9.60. The number of carboxylic acids is 1. The van der Waals surface area contributed by atoms with E-state index in [0.29, 0.717) is 0 Å². The van der Waals surface area contributed by atoms with Gasteiger partial charge in [-0.2, -0.15) is 0 Å². The molecule has 1 heterocycles. The lowest BCUT2D eigenvalue weighted by Crippen LogP contribution is -2.36. The van der Waals surface area contributed by atoms with Crippen LogP contribution in [0.5, 0.6) is 0 Å². The van der Waals surface area contributed by atoms with Gasteiger partial charge in [0.25, 0.3) is 5.97 Å². The van der Waals surface area contributed by atoms with E-state index < -0.39 is 17.0 Å². The first kappa shape index (κ1) is 56.2. The second-order valence-electron chi connectivity index (χ2n) is 22.3. The van der Waals surface area contributed by atoms with Gasteiger partial charge in [-0.3, -0.25) is 4.79 Å². The molecule has 0 aromatic heterocycles. The van der Waals surface area contributed by atoms with Crippen molar-refractivity contribution in [2.75, 3.05) is 9.80 Å². The van der Waals surface area contributed by atoms with Gasteiger partial charge in [-0.15, -0.1) is 12.4 Å². The van der Waals surface area contributed by atoms with Crippen LogP contribution in [-0.2, 0) is 15.8 Å². The predicted octanol–water partition coefficient (Wildman–Crippen LogP) is 22.2. The minimum atomic E-state index is -1.40. The Bertz CT molecular complexity index is 4980. The molecule has 14 aromatic carbocycles. The number of anilines is 6. The van der Waals surface area contributed by atoms with Crippen molar-refractivity contribution in [2.45, 2.75) is 17.9 Å². The van der Waals surface area contributed by atoms with E-state index in [9.17, 15) is 5.11 Å². The summed E-state index contributed by atoms with van der Waals surface area (Å²) in [4.78, 5) is 13.7. The lowest BCUT2D eigenvalue weighted by Gasteiger charge is -2.45. The quantitative estimate of drug-likeness (QED) is 0.180. The van der Waals surface area contributed by atoms with E-state index in [0.717, 1.165) is 82.3 Å². The third kappa shape index (κ3) is 8.70. The molecule has 0 amide bonds. The maximum atomic E-state index is 13.4. The van der Waals surface area contributed by atoms with Crippen LogP contribution in [0.1, 0.15) is 47.3 Å². The Balaban J connectivity index is 0.000000151. The van der Waals surface area contributed by atoms with E-state index in [4.69, 9.17) is 9.90 Å². The third-order valence-corrected chi connectivity index (χ3v) is 18.9. The molecule has 426 valence electrons. The van der Waals surface area contributed by atoms with Crippen LogP contribution in [0.3, 0.4) is 0 Å². The van der Waals surface area contributed by atoms with E-state index in [2.05, 4.69) is 321 Å². The molecule has 8 heteroatoms. The van der Waals surface area contributed by atoms with Crippen molar-refractivity contribution in [2.24, 2.45) is 0 Å². The van der Waals surface area contributed by atoms with E-state index >= 15 is 0 Å². The van der Waals surface area contributed by atoms with Gasteiger partial charge in [0, 0.05) is 51.0 Å². The van der Waals surface area contributed by atoms with Crippen LogP contribution in [0, 0.1) is 0 Å². The number of halogens is 3. The monoisotopic (exact) mass is 1290 g/mol. The maximum absolute atomic E-state index is 13.4. The van der Waals surface area contributed by atoms with Crippen LogP contribution in [-0.4, -0.2) is 16.2 Å². The summed E-state index contributed by atoms with van der Waals surface area (Å²) in [6.07, 6.45) is 0. The van der Waals surface area contributed by atoms with Crippen molar-refractivity contribution in [1.82, 2.24) is 0 Å². The zero-order chi connectivity index (χ0) is 59.0. The van der Waals surface area contributed by atoms with Gasteiger partial charge >= 0.3 is 0 Å². The number of para-hydroxylation sites is 6. The summed E-state index contributed by atoms with van der Waals surface area (Å²) in [6, 6.07) is 106. The average molecular weight is 1290 g/mol. The number of rotatable bonds is 5. The Morgan fingerprint density at radius 3 is 1.27 bits per heavy atom. The van der Waals surface area contributed by atoms with Crippen molar-refractivity contribution in [1.29, 1.82) is 0 Å². The summed E-state index contributed by atoms with van der Waals surface area (Å²) in [5.74, 6) is -0.833. The van der Waals surface area contributed by atoms with Crippen molar-refractivity contribution in [3.05, 3.63) is 345 Å². The highest BCUT2D eigenvalue weighted by molar-refractivity contribution is 9.11. The van der Waals surface area contributed by atoms with E-state index in [1.807, 2.05) is 18.2 Å². The fourth-order valence-corrected chi connectivity index (χ4v) is 15.4. The molecule has 5 nitrogen and oxygen atoms in total. The Labute approximate surface area is 535 Å². The van der Waals surface area contributed by atoms with E-state index in [1.165, 1.54) is 72.0 Å². The minimum absolute atomic E-state index is 0. The number of carbonyl (C=O) groups is 1. The highest BCUT2D eigenvalue weighted by atomic mass is 79.9. The molecule has 0 saturated heterocycles. The minimum Gasteiger partial charge on any atom is -0.481 e. The molecule has 2 aliphatic carbocycles. The summed E-state index contributed by atoms with van der Waals surface area (Å²) >= 11 is 7.88. The molecule has 0 fully saturated rings. The molecule has 3 aliphatic rings. The van der Waals surface area contributed by atoms with Crippen LogP contribution < -0.4 is 9.80 Å². The van der Waals surface area contributed by atoms with Gasteiger partial charge in [0.2, 0.25) is 0 Å². The first-order chi connectivity index (χ1) is 42.7. The topological polar surface area (TPSA) is 64.0 Å². The van der Waals surface area contributed by atoms with Crippen LogP contribution >= 0.6 is 44.3 Å². The van der Waals surface area contributed by atoms with Gasteiger partial charge in [0.05, 0.1) is 22.5 Å². The molecular weight excluding hydrogens is 1230 g/mol.